The molecule has 0 amide bonds. The van der Waals surface area contributed by atoms with Crippen molar-refractivity contribution in [3.8, 4) is 0 Å². The van der Waals surface area contributed by atoms with Gasteiger partial charge in [-0.25, -0.2) is 4.98 Å². The second-order valence-corrected chi connectivity index (χ2v) is 2.86. The summed E-state index contributed by atoms with van der Waals surface area (Å²) < 4.78 is 0.818. The number of hydrogen-bond donors (Lipinski definition) is 0. The lowest BCUT2D eigenvalue weighted by Gasteiger charge is -1.98. The molecule has 0 aliphatic carbocycles. The predicted molar refractivity (Wildman–Crippen MR) is 52.1 cm³/mol. The average Bonchev–Trinajstić information content (AvgIpc) is 2.04. The molecule has 0 aliphatic rings. The Morgan fingerprint density at radius 1 is 1.27 bits per heavy atom. The minimum atomic E-state index is 0.818. The summed E-state index contributed by atoms with van der Waals surface area (Å²) in [4.78, 5) is 4.06. The summed E-state index contributed by atoms with van der Waals surface area (Å²) >= 11 is 3.27. The molecular weight excluding hydrogens is 202 g/mol. The summed E-state index contributed by atoms with van der Waals surface area (Å²) in [6.45, 7) is 7.35. The fourth-order valence-corrected chi connectivity index (χ4v) is 1.15. The summed E-state index contributed by atoms with van der Waals surface area (Å²) in [7, 11) is 0. The lowest BCUT2D eigenvalue weighted by atomic mass is 10.1. The molecule has 0 aromatic carbocycles. The highest BCUT2D eigenvalue weighted by Gasteiger charge is 1.95. The molecule has 11 heavy (non-hydrogen) atoms. The van der Waals surface area contributed by atoms with E-state index < -0.39 is 0 Å². The zero-order valence-electron chi connectivity index (χ0n) is 6.05. The van der Waals surface area contributed by atoms with Crippen molar-refractivity contribution >= 4 is 28.1 Å². The van der Waals surface area contributed by atoms with Crippen LogP contribution in [0.4, 0.5) is 0 Å². The Labute approximate surface area is 74.6 Å². The molecule has 1 nitrogen and oxygen atoms in total. The Kier molecular flexibility index (Phi) is 2.60. The van der Waals surface area contributed by atoms with Crippen LogP contribution in [-0.2, 0) is 0 Å². The number of nitrogens with zero attached hydrogens (tertiary/aromatic N) is 1. The second-order valence-electron chi connectivity index (χ2n) is 2.04. The molecule has 0 unspecified atom stereocenters. The lowest BCUT2D eigenvalue weighted by Crippen LogP contribution is -1.83. The van der Waals surface area contributed by atoms with Crippen LogP contribution >= 0.6 is 15.9 Å². The Hall–Kier alpha value is -0.890. The van der Waals surface area contributed by atoms with E-state index in [2.05, 4.69) is 34.1 Å². The molecule has 1 heterocycles. The van der Waals surface area contributed by atoms with Crippen LogP contribution in [-0.4, -0.2) is 4.98 Å². The summed E-state index contributed by atoms with van der Waals surface area (Å²) in [5.41, 5.74) is 2.05. The van der Waals surface area contributed by atoms with Crippen molar-refractivity contribution in [2.24, 2.45) is 0 Å². The summed E-state index contributed by atoms with van der Waals surface area (Å²) in [6.07, 6.45) is 5.30. The first-order valence-corrected chi connectivity index (χ1v) is 3.97. The smallest absolute Gasteiger partial charge is 0.106 e. The monoisotopic (exact) mass is 209 g/mol. The summed E-state index contributed by atoms with van der Waals surface area (Å²) in [6, 6.07) is 1.91. The van der Waals surface area contributed by atoms with Gasteiger partial charge >= 0.3 is 0 Å². The van der Waals surface area contributed by atoms with Gasteiger partial charge in [-0.3, -0.25) is 0 Å². The molecule has 0 radical (unpaired) electrons. The predicted octanol–water partition coefficient (Wildman–Crippen LogP) is 3.13. The maximum Gasteiger partial charge on any atom is 0.106 e. The van der Waals surface area contributed by atoms with Crippen LogP contribution in [0.1, 0.15) is 11.1 Å². The average molecular weight is 210 g/mol. The van der Waals surface area contributed by atoms with Crippen LogP contribution in [0.25, 0.3) is 12.2 Å². The summed E-state index contributed by atoms with van der Waals surface area (Å²) in [5, 5.41) is 0. The van der Waals surface area contributed by atoms with Gasteiger partial charge in [-0.05, 0) is 33.1 Å². The highest BCUT2D eigenvalue weighted by Crippen LogP contribution is 2.15. The number of aromatic nitrogens is 1. The van der Waals surface area contributed by atoms with Gasteiger partial charge in [0.2, 0.25) is 0 Å². The van der Waals surface area contributed by atoms with E-state index >= 15 is 0 Å². The first-order valence-electron chi connectivity index (χ1n) is 3.18. The molecule has 0 N–H and O–H groups in total. The largest absolute Gasteiger partial charge is 0.249 e. The van der Waals surface area contributed by atoms with E-state index in [9.17, 15) is 0 Å². The highest BCUT2D eigenvalue weighted by atomic mass is 79.9. The molecule has 1 aromatic rings. The SMILES string of the molecule is C=Cc1cnc(Br)cc1C=C. The first kappa shape index (κ1) is 8.21. The van der Waals surface area contributed by atoms with Crippen molar-refractivity contribution in [1.82, 2.24) is 4.98 Å². The van der Waals surface area contributed by atoms with Crippen molar-refractivity contribution < 1.29 is 0 Å². The van der Waals surface area contributed by atoms with E-state index in [4.69, 9.17) is 0 Å². The van der Waals surface area contributed by atoms with Gasteiger partial charge in [-0.15, -0.1) is 0 Å². The molecule has 2 heteroatoms. The molecule has 0 atom stereocenters. The van der Waals surface area contributed by atoms with E-state index in [0.29, 0.717) is 0 Å². The van der Waals surface area contributed by atoms with Crippen LogP contribution in [0.3, 0.4) is 0 Å². The van der Waals surface area contributed by atoms with Gasteiger partial charge in [0.05, 0.1) is 0 Å². The van der Waals surface area contributed by atoms with Gasteiger partial charge in [0.1, 0.15) is 4.60 Å². The Balaban J connectivity index is 3.26. The molecule has 1 aromatic heterocycles. The number of rotatable bonds is 2. The Bertz CT molecular complexity index is 292. The molecule has 0 spiro atoms. The van der Waals surface area contributed by atoms with Crippen LogP contribution in [0, 0.1) is 0 Å². The normalized spacial score (nSPS) is 9.18. The number of hydrogen-bond acceptors (Lipinski definition) is 1. The third-order valence-corrected chi connectivity index (χ3v) is 1.81. The Morgan fingerprint density at radius 2 is 1.91 bits per heavy atom. The molecule has 0 bridgehead atoms. The maximum atomic E-state index is 4.06. The standard InChI is InChI=1S/C9H8BrN/c1-3-7-5-9(10)11-6-8(7)4-2/h3-6H,1-2H2. The topological polar surface area (TPSA) is 12.9 Å². The molecule has 0 fully saturated rings. The molecule has 56 valence electrons. The van der Waals surface area contributed by atoms with E-state index in [1.165, 1.54) is 0 Å². The van der Waals surface area contributed by atoms with Gasteiger partial charge in [-0.1, -0.05) is 25.3 Å². The number of pyridine rings is 1. The quantitative estimate of drug-likeness (QED) is 0.683. The summed E-state index contributed by atoms with van der Waals surface area (Å²) in [5.74, 6) is 0. The van der Waals surface area contributed by atoms with Crippen molar-refractivity contribution in [3.63, 3.8) is 0 Å². The molecule has 0 saturated carbocycles. The van der Waals surface area contributed by atoms with Gasteiger partial charge < -0.3 is 0 Å². The van der Waals surface area contributed by atoms with Gasteiger partial charge in [0.15, 0.2) is 0 Å². The van der Waals surface area contributed by atoms with Crippen molar-refractivity contribution in [2.45, 2.75) is 0 Å². The highest BCUT2D eigenvalue weighted by molar-refractivity contribution is 9.10. The number of halogens is 1. The molecule has 0 aliphatic heterocycles. The van der Waals surface area contributed by atoms with E-state index in [0.717, 1.165) is 15.7 Å². The first-order chi connectivity index (χ1) is 5.27. The third kappa shape index (κ3) is 1.77. The zero-order chi connectivity index (χ0) is 8.27. The van der Waals surface area contributed by atoms with E-state index in [-0.39, 0.29) is 0 Å². The van der Waals surface area contributed by atoms with Crippen LogP contribution < -0.4 is 0 Å². The molecule has 1 rings (SSSR count). The van der Waals surface area contributed by atoms with Crippen molar-refractivity contribution in [2.75, 3.05) is 0 Å². The fraction of sp³-hybridized carbons (Fsp3) is 0. The molecule has 0 saturated heterocycles. The minimum absolute atomic E-state index is 0.818. The van der Waals surface area contributed by atoms with Gasteiger partial charge in [-0.2, -0.15) is 0 Å². The zero-order valence-corrected chi connectivity index (χ0v) is 7.63. The van der Waals surface area contributed by atoms with Crippen molar-refractivity contribution in [1.29, 1.82) is 0 Å². The lowest BCUT2D eigenvalue weighted by molar-refractivity contribution is 1.26. The van der Waals surface area contributed by atoms with Crippen LogP contribution in [0.5, 0.6) is 0 Å². The van der Waals surface area contributed by atoms with Crippen LogP contribution in [0.2, 0.25) is 0 Å². The van der Waals surface area contributed by atoms with Gasteiger partial charge in [0.25, 0.3) is 0 Å². The molecular formula is C9H8BrN. The van der Waals surface area contributed by atoms with E-state index in [1.807, 2.05) is 6.07 Å². The van der Waals surface area contributed by atoms with Crippen LogP contribution in [0.15, 0.2) is 30.0 Å². The second kappa shape index (κ2) is 3.49. The maximum absolute atomic E-state index is 4.06. The van der Waals surface area contributed by atoms with E-state index in [1.54, 1.807) is 18.3 Å². The fourth-order valence-electron chi connectivity index (χ4n) is 0.802. The Morgan fingerprint density at radius 3 is 2.45 bits per heavy atom. The third-order valence-electron chi connectivity index (χ3n) is 1.37. The minimum Gasteiger partial charge on any atom is -0.249 e. The van der Waals surface area contributed by atoms with Gasteiger partial charge in [0, 0.05) is 6.20 Å². The van der Waals surface area contributed by atoms with Crippen molar-refractivity contribution in [3.05, 3.63) is 41.2 Å².